The van der Waals surface area contributed by atoms with Gasteiger partial charge in [-0.25, -0.2) is 0 Å². The molecule has 0 bridgehead atoms. The second-order valence-corrected chi connectivity index (χ2v) is 3.78. The fourth-order valence-electron chi connectivity index (χ4n) is 1.23. The summed E-state index contributed by atoms with van der Waals surface area (Å²) < 4.78 is 5.65. The van der Waals surface area contributed by atoms with E-state index in [9.17, 15) is 0 Å². The highest BCUT2D eigenvalue weighted by atomic mass is 16.5. The SMILES string of the molecule is CCCCOC(C)CC(C)CC. The number of hydrogen-bond donors (Lipinski definition) is 0. The summed E-state index contributed by atoms with van der Waals surface area (Å²) in [7, 11) is 0. The Hall–Kier alpha value is -0.0400. The molecule has 1 nitrogen and oxygen atoms in total. The smallest absolute Gasteiger partial charge is 0.0549 e. The zero-order valence-corrected chi connectivity index (χ0v) is 9.10. The third-order valence-electron chi connectivity index (χ3n) is 2.33. The van der Waals surface area contributed by atoms with Crippen LogP contribution in [-0.2, 0) is 4.74 Å². The van der Waals surface area contributed by atoms with Crippen molar-refractivity contribution in [2.45, 2.75) is 59.5 Å². The minimum absolute atomic E-state index is 0.450. The number of unbranched alkanes of at least 4 members (excludes halogenated alkanes) is 1. The maximum Gasteiger partial charge on any atom is 0.0549 e. The van der Waals surface area contributed by atoms with Gasteiger partial charge in [0.15, 0.2) is 0 Å². The topological polar surface area (TPSA) is 9.23 Å². The Morgan fingerprint density at radius 2 is 1.83 bits per heavy atom. The van der Waals surface area contributed by atoms with Crippen LogP contribution in [0.4, 0.5) is 0 Å². The zero-order chi connectivity index (χ0) is 9.40. The van der Waals surface area contributed by atoms with Gasteiger partial charge in [-0.05, 0) is 25.7 Å². The van der Waals surface area contributed by atoms with E-state index in [0.29, 0.717) is 6.10 Å². The van der Waals surface area contributed by atoms with E-state index in [4.69, 9.17) is 4.74 Å². The van der Waals surface area contributed by atoms with Crippen molar-refractivity contribution in [2.24, 2.45) is 5.92 Å². The summed E-state index contributed by atoms with van der Waals surface area (Å²) in [6, 6.07) is 0. The first-order chi connectivity index (χ1) is 5.70. The van der Waals surface area contributed by atoms with Gasteiger partial charge in [-0.1, -0.05) is 33.6 Å². The molecular weight excluding hydrogens is 148 g/mol. The molecule has 12 heavy (non-hydrogen) atoms. The molecule has 0 saturated heterocycles. The van der Waals surface area contributed by atoms with Gasteiger partial charge in [0.1, 0.15) is 0 Å². The molecule has 0 N–H and O–H groups in total. The largest absolute Gasteiger partial charge is 0.379 e. The highest BCUT2D eigenvalue weighted by Crippen LogP contribution is 2.12. The summed E-state index contributed by atoms with van der Waals surface area (Å²) in [5.74, 6) is 0.807. The lowest BCUT2D eigenvalue weighted by Gasteiger charge is -2.16. The van der Waals surface area contributed by atoms with Crippen LogP contribution in [0, 0.1) is 5.92 Å². The molecule has 0 amide bonds. The standard InChI is InChI=1S/C11H24O/c1-5-7-8-12-11(4)9-10(3)6-2/h10-11H,5-9H2,1-4H3. The van der Waals surface area contributed by atoms with Crippen LogP contribution in [0.25, 0.3) is 0 Å². The second kappa shape index (κ2) is 7.60. The van der Waals surface area contributed by atoms with Crippen LogP contribution < -0.4 is 0 Å². The lowest BCUT2D eigenvalue weighted by molar-refractivity contribution is 0.0482. The van der Waals surface area contributed by atoms with Crippen molar-refractivity contribution >= 4 is 0 Å². The molecule has 0 aromatic carbocycles. The van der Waals surface area contributed by atoms with Crippen LogP contribution in [0.5, 0.6) is 0 Å². The normalized spacial score (nSPS) is 16.0. The van der Waals surface area contributed by atoms with Gasteiger partial charge in [0.25, 0.3) is 0 Å². The molecule has 2 atom stereocenters. The van der Waals surface area contributed by atoms with E-state index in [1.807, 2.05) is 0 Å². The summed E-state index contributed by atoms with van der Waals surface area (Å²) in [5, 5.41) is 0. The predicted octanol–water partition coefficient (Wildman–Crippen LogP) is 3.63. The van der Waals surface area contributed by atoms with Crippen LogP contribution in [-0.4, -0.2) is 12.7 Å². The Balaban J connectivity index is 3.26. The number of ether oxygens (including phenoxy) is 1. The lowest BCUT2D eigenvalue weighted by atomic mass is 10.0. The Morgan fingerprint density at radius 3 is 2.33 bits per heavy atom. The van der Waals surface area contributed by atoms with E-state index in [0.717, 1.165) is 12.5 Å². The quantitative estimate of drug-likeness (QED) is 0.533. The van der Waals surface area contributed by atoms with Crippen molar-refractivity contribution < 1.29 is 4.74 Å². The van der Waals surface area contributed by atoms with Gasteiger partial charge in [-0.15, -0.1) is 0 Å². The van der Waals surface area contributed by atoms with Gasteiger partial charge in [0, 0.05) is 6.61 Å². The fourth-order valence-corrected chi connectivity index (χ4v) is 1.23. The van der Waals surface area contributed by atoms with Crippen molar-refractivity contribution in [1.29, 1.82) is 0 Å². The molecule has 0 rings (SSSR count). The molecule has 0 aromatic heterocycles. The predicted molar refractivity (Wildman–Crippen MR) is 54.4 cm³/mol. The molecule has 0 aliphatic rings. The van der Waals surface area contributed by atoms with Crippen molar-refractivity contribution in [3.63, 3.8) is 0 Å². The van der Waals surface area contributed by atoms with Crippen LogP contribution in [0.1, 0.15) is 53.4 Å². The molecule has 74 valence electrons. The Labute approximate surface area is 77.5 Å². The first kappa shape index (κ1) is 12.0. The van der Waals surface area contributed by atoms with Crippen molar-refractivity contribution in [3.8, 4) is 0 Å². The molecule has 0 fully saturated rings. The third kappa shape index (κ3) is 6.66. The van der Waals surface area contributed by atoms with Crippen molar-refractivity contribution in [1.82, 2.24) is 0 Å². The Morgan fingerprint density at radius 1 is 1.17 bits per heavy atom. The molecule has 0 spiro atoms. The van der Waals surface area contributed by atoms with Crippen molar-refractivity contribution in [2.75, 3.05) is 6.61 Å². The van der Waals surface area contributed by atoms with E-state index in [1.54, 1.807) is 0 Å². The van der Waals surface area contributed by atoms with Crippen LogP contribution in [0.2, 0.25) is 0 Å². The summed E-state index contributed by atoms with van der Waals surface area (Å²) in [5.41, 5.74) is 0. The summed E-state index contributed by atoms with van der Waals surface area (Å²) in [6.45, 7) is 9.85. The van der Waals surface area contributed by atoms with Crippen LogP contribution in [0.3, 0.4) is 0 Å². The highest BCUT2D eigenvalue weighted by Gasteiger charge is 2.06. The first-order valence-electron chi connectivity index (χ1n) is 5.32. The second-order valence-electron chi connectivity index (χ2n) is 3.78. The summed E-state index contributed by atoms with van der Waals surface area (Å²) in [6.07, 6.45) is 5.36. The minimum Gasteiger partial charge on any atom is -0.379 e. The van der Waals surface area contributed by atoms with Gasteiger partial charge in [0.05, 0.1) is 6.10 Å². The van der Waals surface area contributed by atoms with E-state index in [-0.39, 0.29) is 0 Å². The average Bonchev–Trinajstić information content (AvgIpc) is 2.05. The average molecular weight is 172 g/mol. The van der Waals surface area contributed by atoms with Gasteiger partial charge < -0.3 is 4.74 Å². The van der Waals surface area contributed by atoms with Gasteiger partial charge in [-0.3, -0.25) is 0 Å². The van der Waals surface area contributed by atoms with E-state index in [2.05, 4.69) is 27.7 Å². The number of hydrogen-bond acceptors (Lipinski definition) is 1. The zero-order valence-electron chi connectivity index (χ0n) is 9.10. The molecule has 2 unspecified atom stereocenters. The monoisotopic (exact) mass is 172 g/mol. The van der Waals surface area contributed by atoms with E-state index >= 15 is 0 Å². The van der Waals surface area contributed by atoms with E-state index < -0.39 is 0 Å². The van der Waals surface area contributed by atoms with E-state index in [1.165, 1.54) is 25.7 Å². The molecule has 0 aliphatic carbocycles. The summed E-state index contributed by atoms with van der Waals surface area (Å²) in [4.78, 5) is 0. The summed E-state index contributed by atoms with van der Waals surface area (Å²) >= 11 is 0. The highest BCUT2D eigenvalue weighted by molar-refractivity contribution is 4.56. The number of rotatable bonds is 7. The Kier molecular flexibility index (Phi) is 7.58. The van der Waals surface area contributed by atoms with Crippen molar-refractivity contribution in [3.05, 3.63) is 0 Å². The fraction of sp³-hybridized carbons (Fsp3) is 1.00. The third-order valence-corrected chi connectivity index (χ3v) is 2.33. The molecule has 1 heteroatoms. The van der Waals surface area contributed by atoms with Gasteiger partial charge >= 0.3 is 0 Å². The maximum atomic E-state index is 5.65. The maximum absolute atomic E-state index is 5.65. The molecule has 0 aliphatic heterocycles. The molecule has 0 heterocycles. The minimum atomic E-state index is 0.450. The Bertz CT molecular complexity index is 91.0. The molecule has 0 aromatic rings. The molecule has 0 saturated carbocycles. The molecular formula is C11H24O. The first-order valence-corrected chi connectivity index (χ1v) is 5.32. The lowest BCUT2D eigenvalue weighted by Crippen LogP contribution is -2.12. The molecule has 0 radical (unpaired) electrons. The van der Waals surface area contributed by atoms with Crippen LogP contribution >= 0.6 is 0 Å². The van der Waals surface area contributed by atoms with Gasteiger partial charge in [-0.2, -0.15) is 0 Å². The van der Waals surface area contributed by atoms with Crippen LogP contribution in [0.15, 0.2) is 0 Å². The van der Waals surface area contributed by atoms with Gasteiger partial charge in [0.2, 0.25) is 0 Å².